The summed E-state index contributed by atoms with van der Waals surface area (Å²) in [5.74, 6) is 0.953. The predicted molar refractivity (Wildman–Crippen MR) is 92.2 cm³/mol. The molecule has 1 atom stereocenters. The zero-order valence-electron chi connectivity index (χ0n) is 14.9. The Morgan fingerprint density at radius 2 is 1.57 bits per heavy atom. The van der Waals surface area contributed by atoms with Gasteiger partial charge in [0.2, 0.25) is 0 Å². The van der Waals surface area contributed by atoms with Crippen LogP contribution in [0.4, 0.5) is 0 Å². The minimum absolute atomic E-state index is 0.167. The zero-order chi connectivity index (χ0) is 16.1. The van der Waals surface area contributed by atoms with E-state index in [2.05, 4.69) is 78.0 Å². The van der Waals surface area contributed by atoms with E-state index < -0.39 is 0 Å². The molecule has 0 saturated heterocycles. The van der Waals surface area contributed by atoms with Gasteiger partial charge in [-0.15, -0.1) is 0 Å². The van der Waals surface area contributed by atoms with Crippen molar-refractivity contribution in [3.05, 3.63) is 29.8 Å². The summed E-state index contributed by atoms with van der Waals surface area (Å²) < 4.78 is 5.99. The van der Waals surface area contributed by atoms with E-state index in [1.807, 2.05) is 0 Å². The van der Waals surface area contributed by atoms with Gasteiger partial charge in [-0.25, -0.2) is 0 Å². The van der Waals surface area contributed by atoms with Crippen LogP contribution >= 0.6 is 0 Å². The van der Waals surface area contributed by atoms with Gasteiger partial charge in [0.05, 0.1) is 0 Å². The van der Waals surface area contributed by atoms with Gasteiger partial charge in [0.1, 0.15) is 11.9 Å². The fourth-order valence-corrected chi connectivity index (χ4v) is 2.01. The third-order valence-electron chi connectivity index (χ3n) is 4.61. The summed E-state index contributed by atoms with van der Waals surface area (Å²) in [6, 6.07) is 8.56. The lowest BCUT2D eigenvalue weighted by Crippen LogP contribution is -2.43. The van der Waals surface area contributed by atoms with E-state index in [0.717, 1.165) is 25.1 Å². The molecule has 0 amide bonds. The number of nitrogens with one attached hydrogen (secondary N) is 1. The molecule has 1 aromatic rings. The van der Waals surface area contributed by atoms with Crippen LogP contribution in [0.15, 0.2) is 24.3 Å². The lowest BCUT2D eigenvalue weighted by atomic mass is 9.82. The summed E-state index contributed by atoms with van der Waals surface area (Å²) in [6.07, 6.45) is 2.42. The summed E-state index contributed by atoms with van der Waals surface area (Å²) in [7, 11) is 0. The van der Waals surface area contributed by atoms with Gasteiger partial charge in [-0.1, -0.05) is 39.8 Å². The minimum Gasteiger partial charge on any atom is -0.489 e. The van der Waals surface area contributed by atoms with Crippen molar-refractivity contribution in [3.63, 3.8) is 0 Å². The van der Waals surface area contributed by atoms with Crippen molar-refractivity contribution in [1.82, 2.24) is 5.32 Å². The summed E-state index contributed by atoms with van der Waals surface area (Å²) in [6.45, 7) is 16.4. The Hall–Kier alpha value is -1.02. The second-order valence-corrected chi connectivity index (χ2v) is 7.31. The largest absolute Gasteiger partial charge is 0.489 e. The summed E-state index contributed by atoms with van der Waals surface area (Å²) >= 11 is 0. The van der Waals surface area contributed by atoms with Crippen LogP contribution in [0.3, 0.4) is 0 Å². The quantitative estimate of drug-likeness (QED) is 0.734. The highest BCUT2D eigenvalue weighted by atomic mass is 16.5. The number of hydrogen-bond donors (Lipinski definition) is 1. The Balaban J connectivity index is 2.56. The van der Waals surface area contributed by atoms with E-state index in [1.165, 1.54) is 5.56 Å². The first-order valence-electron chi connectivity index (χ1n) is 8.22. The Morgan fingerprint density at radius 1 is 1.00 bits per heavy atom. The smallest absolute Gasteiger partial charge is 0.119 e. The van der Waals surface area contributed by atoms with Gasteiger partial charge < -0.3 is 10.1 Å². The first kappa shape index (κ1) is 18.0. The molecule has 2 nitrogen and oxygen atoms in total. The monoisotopic (exact) mass is 291 g/mol. The molecule has 2 heteroatoms. The molecule has 1 unspecified atom stereocenters. The molecule has 0 aromatic heterocycles. The highest BCUT2D eigenvalue weighted by molar-refractivity contribution is 5.31. The van der Waals surface area contributed by atoms with E-state index in [9.17, 15) is 0 Å². The third kappa shape index (κ3) is 5.70. The van der Waals surface area contributed by atoms with E-state index in [4.69, 9.17) is 4.74 Å². The molecule has 1 aromatic carbocycles. The van der Waals surface area contributed by atoms with Crippen LogP contribution in [-0.4, -0.2) is 18.2 Å². The number of rotatable bonds is 8. The second kappa shape index (κ2) is 7.31. The van der Waals surface area contributed by atoms with Crippen molar-refractivity contribution in [2.24, 2.45) is 0 Å². The maximum Gasteiger partial charge on any atom is 0.119 e. The van der Waals surface area contributed by atoms with Crippen LogP contribution in [0.1, 0.15) is 66.9 Å². The molecule has 21 heavy (non-hydrogen) atoms. The Kier molecular flexibility index (Phi) is 6.27. The summed E-state index contributed by atoms with van der Waals surface area (Å²) in [5.41, 5.74) is 1.78. The van der Waals surface area contributed by atoms with Crippen LogP contribution in [0.25, 0.3) is 0 Å². The molecule has 0 spiro atoms. The minimum atomic E-state index is 0.167. The Bertz CT molecular complexity index is 420. The van der Waals surface area contributed by atoms with Crippen LogP contribution in [0.2, 0.25) is 0 Å². The zero-order valence-corrected chi connectivity index (χ0v) is 14.9. The highest BCUT2D eigenvalue weighted by Crippen LogP contribution is 2.28. The second-order valence-electron chi connectivity index (χ2n) is 7.31. The SMILES string of the molecule is CCC(C)(C)NCC(C)Oc1ccc(C(C)(C)CC)cc1. The van der Waals surface area contributed by atoms with E-state index in [-0.39, 0.29) is 17.1 Å². The Labute approximate surface area is 131 Å². The molecule has 1 rings (SSSR count). The van der Waals surface area contributed by atoms with Crippen LogP contribution < -0.4 is 10.1 Å². The van der Waals surface area contributed by atoms with E-state index in [1.54, 1.807) is 0 Å². The van der Waals surface area contributed by atoms with Crippen molar-refractivity contribution in [1.29, 1.82) is 0 Å². The molecule has 0 heterocycles. The van der Waals surface area contributed by atoms with Crippen LogP contribution in [-0.2, 0) is 5.41 Å². The molecule has 0 aliphatic heterocycles. The number of benzene rings is 1. The van der Waals surface area contributed by atoms with E-state index in [0.29, 0.717) is 0 Å². The highest BCUT2D eigenvalue weighted by Gasteiger charge is 2.18. The summed E-state index contributed by atoms with van der Waals surface area (Å²) in [5, 5.41) is 3.55. The van der Waals surface area contributed by atoms with Gasteiger partial charge in [0.25, 0.3) is 0 Å². The lowest BCUT2D eigenvalue weighted by Gasteiger charge is -2.27. The molecule has 0 aliphatic carbocycles. The fourth-order valence-electron chi connectivity index (χ4n) is 2.01. The first-order valence-corrected chi connectivity index (χ1v) is 8.22. The molecule has 0 saturated carbocycles. The topological polar surface area (TPSA) is 21.3 Å². The van der Waals surface area contributed by atoms with Gasteiger partial charge in [-0.3, -0.25) is 0 Å². The van der Waals surface area contributed by atoms with Crippen molar-refractivity contribution >= 4 is 0 Å². The van der Waals surface area contributed by atoms with Gasteiger partial charge >= 0.3 is 0 Å². The van der Waals surface area contributed by atoms with Gasteiger partial charge in [0.15, 0.2) is 0 Å². The van der Waals surface area contributed by atoms with Crippen molar-refractivity contribution in [3.8, 4) is 5.75 Å². The maximum atomic E-state index is 5.99. The summed E-state index contributed by atoms with van der Waals surface area (Å²) in [4.78, 5) is 0. The molecule has 1 N–H and O–H groups in total. The first-order chi connectivity index (χ1) is 9.70. The molecule has 0 radical (unpaired) electrons. The average Bonchev–Trinajstić information content (AvgIpc) is 2.46. The average molecular weight is 291 g/mol. The van der Waals surface area contributed by atoms with Crippen molar-refractivity contribution in [2.45, 2.75) is 78.4 Å². The lowest BCUT2D eigenvalue weighted by molar-refractivity contribution is 0.199. The Morgan fingerprint density at radius 3 is 2.05 bits per heavy atom. The normalized spacial score (nSPS) is 14.0. The molecular weight excluding hydrogens is 258 g/mol. The number of hydrogen-bond acceptors (Lipinski definition) is 2. The molecule has 120 valence electrons. The fraction of sp³-hybridized carbons (Fsp3) is 0.684. The third-order valence-corrected chi connectivity index (χ3v) is 4.61. The van der Waals surface area contributed by atoms with Crippen molar-refractivity contribution in [2.75, 3.05) is 6.54 Å². The van der Waals surface area contributed by atoms with Crippen LogP contribution in [0.5, 0.6) is 5.75 Å². The maximum absolute atomic E-state index is 5.99. The molecule has 0 aliphatic rings. The van der Waals surface area contributed by atoms with Crippen LogP contribution in [0, 0.1) is 0 Å². The predicted octanol–water partition coefficient (Wildman–Crippen LogP) is 4.92. The molecular formula is C19H33NO. The van der Waals surface area contributed by atoms with Crippen molar-refractivity contribution < 1.29 is 4.74 Å². The standard InChI is InChI=1S/C19H33NO/c1-8-18(4,5)16-10-12-17(13-11-16)21-15(3)14-20-19(6,7)9-2/h10-13,15,20H,8-9,14H2,1-7H3. The number of ether oxygens (including phenoxy) is 1. The van der Waals surface area contributed by atoms with Gasteiger partial charge in [0, 0.05) is 12.1 Å². The molecule has 0 fully saturated rings. The van der Waals surface area contributed by atoms with E-state index >= 15 is 0 Å². The van der Waals surface area contributed by atoms with Gasteiger partial charge in [-0.2, -0.15) is 0 Å². The molecule has 0 bridgehead atoms. The van der Waals surface area contributed by atoms with Gasteiger partial charge in [-0.05, 0) is 56.7 Å².